The van der Waals surface area contributed by atoms with E-state index < -0.39 is 15.9 Å². The summed E-state index contributed by atoms with van der Waals surface area (Å²) in [5.74, 6) is -0.356. The second kappa shape index (κ2) is 14.2. The summed E-state index contributed by atoms with van der Waals surface area (Å²) in [5.41, 5.74) is 2.26. The number of carbonyl (C=O) groups excluding carboxylic acids is 2. The molecule has 1 heterocycles. The Morgan fingerprint density at radius 3 is 2.27 bits per heavy atom. The number of hydrogen-bond acceptors (Lipinski definition) is 7. The Hall–Kier alpha value is -3.61. The van der Waals surface area contributed by atoms with Crippen molar-refractivity contribution in [3.63, 3.8) is 0 Å². The highest BCUT2D eigenvalue weighted by atomic mass is 32.2. The van der Waals surface area contributed by atoms with E-state index in [0.29, 0.717) is 48.8 Å². The molecular formula is C33H49N5O6S. The summed E-state index contributed by atoms with van der Waals surface area (Å²) in [6, 6.07) is 10.7. The summed E-state index contributed by atoms with van der Waals surface area (Å²) in [7, 11) is -0.455. The minimum absolute atomic E-state index is 0.113. The van der Waals surface area contributed by atoms with Crippen LogP contribution in [0.25, 0.3) is 10.9 Å². The molecule has 2 amide bonds. The van der Waals surface area contributed by atoms with Crippen molar-refractivity contribution in [1.82, 2.24) is 14.8 Å². The standard InChI is InChI=1S/C33H49N5O6S/c1-11-38(17-13-16-34-21-44-33(5,6)7)31(40)24-15-12-14-22-18-27(37(8)28(22)24)30(39)35-25-19-23(32(2,3)4)20-26(29(25)43-9)36-45(10,41)42/h12,14-15,18-20,34,36H,11,13,16-17,21H2,1-10H3,(H,35,39). The molecule has 0 radical (unpaired) electrons. The molecule has 12 heteroatoms. The summed E-state index contributed by atoms with van der Waals surface area (Å²) in [6.07, 6.45) is 1.82. The Kier molecular flexibility index (Phi) is 11.3. The average Bonchev–Trinajstić information content (AvgIpc) is 3.27. The molecule has 0 aliphatic carbocycles. The number of carbonyl (C=O) groups is 2. The first-order valence-electron chi connectivity index (χ1n) is 15.1. The van der Waals surface area contributed by atoms with E-state index in [2.05, 4.69) is 15.4 Å². The summed E-state index contributed by atoms with van der Waals surface area (Å²) < 4.78 is 39.7. The molecule has 2 aromatic carbocycles. The van der Waals surface area contributed by atoms with Gasteiger partial charge in [-0.2, -0.15) is 0 Å². The highest BCUT2D eigenvalue weighted by Crippen LogP contribution is 2.39. The van der Waals surface area contributed by atoms with Crippen molar-refractivity contribution < 1.29 is 27.5 Å². The third-order valence-electron chi connectivity index (χ3n) is 7.28. The molecule has 0 spiro atoms. The van der Waals surface area contributed by atoms with Crippen LogP contribution in [0.3, 0.4) is 0 Å². The van der Waals surface area contributed by atoms with E-state index in [1.165, 1.54) is 7.11 Å². The van der Waals surface area contributed by atoms with Crippen molar-refractivity contribution >= 4 is 44.1 Å². The molecular weight excluding hydrogens is 594 g/mol. The fraction of sp³-hybridized carbons (Fsp3) is 0.515. The normalized spacial score (nSPS) is 12.3. The van der Waals surface area contributed by atoms with Gasteiger partial charge in [-0.3, -0.25) is 19.6 Å². The summed E-state index contributed by atoms with van der Waals surface area (Å²) in [5, 5.41) is 6.93. The van der Waals surface area contributed by atoms with E-state index in [9.17, 15) is 18.0 Å². The van der Waals surface area contributed by atoms with E-state index in [1.54, 1.807) is 40.8 Å². The summed E-state index contributed by atoms with van der Waals surface area (Å²) in [6.45, 7) is 16.2. The first-order chi connectivity index (χ1) is 20.9. The van der Waals surface area contributed by atoms with Gasteiger partial charge in [0.05, 0.1) is 48.2 Å². The number of nitrogens with zero attached hydrogens (tertiary/aromatic N) is 2. The van der Waals surface area contributed by atoms with Gasteiger partial charge >= 0.3 is 0 Å². The molecule has 0 bridgehead atoms. The Morgan fingerprint density at radius 1 is 1.02 bits per heavy atom. The number of sulfonamides is 1. The van der Waals surface area contributed by atoms with Gasteiger partial charge in [0.25, 0.3) is 11.8 Å². The van der Waals surface area contributed by atoms with Crippen molar-refractivity contribution in [3.8, 4) is 5.75 Å². The molecule has 3 N–H and O–H groups in total. The number of benzene rings is 2. The lowest BCUT2D eigenvalue weighted by molar-refractivity contribution is -0.0131. The third kappa shape index (κ3) is 9.44. The van der Waals surface area contributed by atoms with Gasteiger partial charge in [0, 0.05) is 25.5 Å². The van der Waals surface area contributed by atoms with Crippen molar-refractivity contribution in [2.75, 3.05) is 49.8 Å². The van der Waals surface area contributed by atoms with Crippen LogP contribution in [-0.4, -0.2) is 75.0 Å². The minimum Gasteiger partial charge on any atom is -0.492 e. The maximum atomic E-state index is 13.8. The Bertz CT molecular complexity index is 1630. The average molecular weight is 644 g/mol. The maximum Gasteiger partial charge on any atom is 0.272 e. The van der Waals surface area contributed by atoms with Crippen LogP contribution in [0.5, 0.6) is 5.75 Å². The predicted molar refractivity (Wildman–Crippen MR) is 181 cm³/mol. The molecule has 1 aromatic heterocycles. The molecule has 0 aliphatic rings. The van der Waals surface area contributed by atoms with E-state index in [4.69, 9.17) is 9.47 Å². The number of hydrogen-bond donors (Lipinski definition) is 3. The van der Waals surface area contributed by atoms with Crippen molar-refractivity contribution in [2.24, 2.45) is 7.05 Å². The topological polar surface area (TPSA) is 131 Å². The minimum atomic E-state index is -3.62. The number of amides is 2. The zero-order valence-electron chi connectivity index (χ0n) is 28.3. The Balaban J connectivity index is 1.90. The fourth-order valence-corrected chi connectivity index (χ4v) is 5.50. The first kappa shape index (κ1) is 35.9. The molecule has 45 heavy (non-hydrogen) atoms. The Labute approximate surface area is 267 Å². The van der Waals surface area contributed by atoms with Crippen LogP contribution < -0.4 is 20.1 Å². The molecule has 3 aromatic rings. The number of ether oxygens (including phenoxy) is 2. The van der Waals surface area contributed by atoms with E-state index in [1.807, 2.05) is 60.6 Å². The van der Waals surface area contributed by atoms with Crippen molar-refractivity contribution in [3.05, 3.63) is 53.2 Å². The van der Waals surface area contributed by atoms with Crippen LogP contribution in [0.4, 0.5) is 11.4 Å². The van der Waals surface area contributed by atoms with Crippen LogP contribution in [0.2, 0.25) is 0 Å². The lowest BCUT2D eigenvalue weighted by Gasteiger charge is -2.24. The van der Waals surface area contributed by atoms with Gasteiger partial charge in [0.15, 0.2) is 5.75 Å². The third-order valence-corrected chi connectivity index (χ3v) is 7.87. The molecule has 3 rings (SSSR count). The second-order valence-electron chi connectivity index (χ2n) is 13.2. The van der Waals surface area contributed by atoms with Gasteiger partial charge in [-0.15, -0.1) is 0 Å². The van der Waals surface area contributed by atoms with Gasteiger partial charge in [0.2, 0.25) is 10.0 Å². The zero-order chi connectivity index (χ0) is 33.7. The Morgan fingerprint density at radius 2 is 1.69 bits per heavy atom. The number of methoxy groups -OCH3 is 1. The van der Waals surface area contributed by atoms with Crippen LogP contribution in [0.1, 0.15) is 81.3 Å². The second-order valence-corrected chi connectivity index (χ2v) is 14.9. The fourth-order valence-electron chi connectivity index (χ4n) is 4.95. The molecule has 0 aliphatic heterocycles. The number of anilines is 2. The lowest BCUT2D eigenvalue weighted by Crippen LogP contribution is -2.34. The monoisotopic (exact) mass is 643 g/mol. The number of rotatable bonds is 13. The van der Waals surface area contributed by atoms with Gasteiger partial charge in [-0.25, -0.2) is 8.42 Å². The SMILES string of the molecule is CCN(CCCNCOC(C)(C)C)C(=O)c1cccc2cc(C(=O)Nc3cc(C(C)(C)C)cc(NS(C)(=O)=O)c3OC)n(C)c12. The zero-order valence-corrected chi connectivity index (χ0v) is 29.1. The summed E-state index contributed by atoms with van der Waals surface area (Å²) >= 11 is 0. The molecule has 248 valence electrons. The van der Waals surface area contributed by atoms with Crippen LogP contribution in [0.15, 0.2) is 36.4 Å². The summed E-state index contributed by atoms with van der Waals surface area (Å²) in [4.78, 5) is 29.3. The molecule has 0 fully saturated rings. The molecule has 0 saturated heterocycles. The van der Waals surface area contributed by atoms with Crippen LogP contribution in [-0.2, 0) is 27.2 Å². The van der Waals surface area contributed by atoms with E-state index in [-0.39, 0.29) is 28.4 Å². The number of fused-ring (bicyclic) bond motifs is 1. The van der Waals surface area contributed by atoms with E-state index in [0.717, 1.165) is 23.6 Å². The quantitative estimate of drug-likeness (QED) is 0.170. The van der Waals surface area contributed by atoms with Gasteiger partial charge in [0.1, 0.15) is 5.69 Å². The maximum absolute atomic E-state index is 13.8. The van der Waals surface area contributed by atoms with Gasteiger partial charge in [-0.1, -0.05) is 32.9 Å². The predicted octanol–water partition coefficient (Wildman–Crippen LogP) is 5.32. The number of aromatic nitrogens is 1. The van der Waals surface area contributed by atoms with Crippen molar-refractivity contribution in [2.45, 2.75) is 65.9 Å². The van der Waals surface area contributed by atoms with Gasteiger partial charge < -0.3 is 24.3 Å². The smallest absolute Gasteiger partial charge is 0.272 e. The lowest BCUT2D eigenvalue weighted by atomic mass is 9.86. The van der Waals surface area contributed by atoms with Gasteiger partial charge in [-0.05, 0) is 75.9 Å². The highest BCUT2D eigenvalue weighted by Gasteiger charge is 2.25. The van der Waals surface area contributed by atoms with Crippen LogP contribution in [0, 0.1) is 0 Å². The van der Waals surface area contributed by atoms with Crippen LogP contribution >= 0.6 is 0 Å². The van der Waals surface area contributed by atoms with E-state index >= 15 is 0 Å². The molecule has 0 unspecified atom stereocenters. The number of nitrogens with one attached hydrogen (secondary N) is 3. The molecule has 11 nitrogen and oxygen atoms in total. The number of para-hydroxylation sites is 1. The molecule has 0 atom stereocenters. The van der Waals surface area contributed by atoms with Crippen molar-refractivity contribution in [1.29, 1.82) is 0 Å². The highest BCUT2D eigenvalue weighted by molar-refractivity contribution is 7.92. The largest absolute Gasteiger partial charge is 0.492 e. The first-order valence-corrected chi connectivity index (χ1v) is 17.0. The molecule has 0 saturated carbocycles. The number of aryl methyl sites for hydroxylation is 1.